The smallest absolute Gasteiger partial charge is 0.0384 e. The van der Waals surface area contributed by atoms with E-state index in [9.17, 15) is 0 Å². The molecule has 0 aliphatic heterocycles. The number of rotatable bonds is 8. The van der Waals surface area contributed by atoms with Crippen LogP contribution in [0, 0.1) is 11.8 Å². The Bertz CT molecular complexity index is 1020. The summed E-state index contributed by atoms with van der Waals surface area (Å²) in [5, 5.41) is 3.57. The summed E-state index contributed by atoms with van der Waals surface area (Å²) in [5.41, 5.74) is 7.71. The number of benzene rings is 4. The van der Waals surface area contributed by atoms with Gasteiger partial charge in [0.25, 0.3) is 0 Å². The van der Waals surface area contributed by atoms with E-state index in [0.29, 0.717) is 23.7 Å². The fourth-order valence-corrected chi connectivity index (χ4v) is 4.96. The third kappa shape index (κ3) is 5.54. The molecule has 0 saturated heterocycles. The van der Waals surface area contributed by atoms with E-state index in [-0.39, 0.29) is 0 Å². The molecule has 168 valence electrons. The molecule has 0 aromatic heterocycles. The average molecular weight is 434 g/mol. The second-order valence-electron chi connectivity index (χ2n) is 9.63. The van der Waals surface area contributed by atoms with Crippen LogP contribution in [0.2, 0.25) is 0 Å². The van der Waals surface area contributed by atoms with Gasteiger partial charge in [0, 0.05) is 23.2 Å². The van der Waals surface area contributed by atoms with Gasteiger partial charge < -0.3 is 5.32 Å². The second-order valence-corrected chi connectivity index (χ2v) is 9.63. The first-order valence-corrected chi connectivity index (χ1v) is 12.1. The van der Waals surface area contributed by atoms with Crippen LogP contribution in [0.3, 0.4) is 0 Å². The van der Waals surface area contributed by atoms with Gasteiger partial charge in [0.05, 0.1) is 0 Å². The Morgan fingerprint density at radius 1 is 0.394 bits per heavy atom. The van der Waals surface area contributed by atoms with Crippen molar-refractivity contribution < 1.29 is 0 Å². The summed E-state index contributed by atoms with van der Waals surface area (Å²) in [5.74, 6) is 1.89. The zero-order valence-electron chi connectivity index (χ0n) is 20.2. The van der Waals surface area contributed by atoms with Crippen LogP contribution in [-0.2, 0) is 0 Å². The molecule has 1 nitrogen and oxygen atoms in total. The van der Waals surface area contributed by atoms with Crippen LogP contribution in [0.1, 0.15) is 61.8 Å². The SMILES string of the molecule is CC(C)C(c1ccccc1)c1ccc(Nc2ccc(C(c3ccccc3)C(C)C)cc2)cc1. The molecule has 4 aromatic carbocycles. The highest BCUT2D eigenvalue weighted by molar-refractivity contribution is 5.61. The molecular weight excluding hydrogens is 398 g/mol. The number of anilines is 2. The van der Waals surface area contributed by atoms with Crippen molar-refractivity contribution in [1.82, 2.24) is 0 Å². The maximum absolute atomic E-state index is 3.57. The van der Waals surface area contributed by atoms with Crippen molar-refractivity contribution in [3.8, 4) is 0 Å². The third-order valence-corrected chi connectivity index (χ3v) is 6.48. The highest BCUT2D eigenvalue weighted by Gasteiger charge is 2.19. The molecule has 0 amide bonds. The molecule has 0 aliphatic carbocycles. The standard InChI is InChI=1S/C32H35N/c1-23(2)31(25-11-7-5-8-12-25)27-15-19-29(20-16-27)33-30-21-17-28(18-22-30)32(24(3)4)26-13-9-6-10-14-26/h5-24,31-33H,1-4H3. The van der Waals surface area contributed by atoms with Gasteiger partial charge in [-0.15, -0.1) is 0 Å². The Kier molecular flexibility index (Phi) is 7.29. The molecule has 1 heteroatoms. The van der Waals surface area contributed by atoms with Gasteiger partial charge in [-0.25, -0.2) is 0 Å². The van der Waals surface area contributed by atoms with Crippen molar-refractivity contribution in [3.63, 3.8) is 0 Å². The summed E-state index contributed by atoms with van der Waals surface area (Å²) < 4.78 is 0. The molecule has 0 aliphatic rings. The highest BCUT2D eigenvalue weighted by Crippen LogP contribution is 2.34. The summed E-state index contributed by atoms with van der Waals surface area (Å²) in [7, 11) is 0. The maximum Gasteiger partial charge on any atom is 0.0384 e. The summed E-state index contributed by atoms with van der Waals surface area (Å²) in [6.45, 7) is 9.19. The van der Waals surface area contributed by atoms with Crippen molar-refractivity contribution in [2.45, 2.75) is 39.5 Å². The molecular formula is C32H35N. The third-order valence-electron chi connectivity index (χ3n) is 6.48. The first-order valence-electron chi connectivity index (χ1n) is 12.1. The summed E-state index contributed by atoms with van der Waals surface area (Å²) in [4.78, 5) is 0. The molecule has 4 rings (SSSR count). The van der Waals surface area contributed by atoms with E-state index in [1.54, 1.807) is 0 Å². The van der Waals surface area contributed by atoms with E-state index >= 15 is 0 Å². The summed E-state index contributed by atoms with van der Waals surface area (Å²) in [6, 6.07) is 39.5. The van der Waals surface area contributed by atoms with Gasteiger partial charge in [0.2, 0.25) is 0 Å². The van der Waals surface area contributed by atoms with E-state index in [1.165, 1.54) is 22.3 Å². The van der Waals surface area contributed by atoms with Crippen LogP contribution in [0.4, 0.5) is 11.4 Å². The molecule has 2 unspecified atom stereocenters. The Morgan fingerprint density at radius 2 is 0.697 bits per heavy atom. The lowest BCUT2D eigenvalue weighted by atomic mass is 9.82. The predicted octanol–water partition coefficient (Wildman–Crippen LogP) is 9.01. The molecule has 0 spiro atoms. The normalized spacial score (nSPS) is 13.2. The first-order chi connectivity index (χ1) is 16.0. The minimum absolute atomic E-state index is 0.408. The highest BCUT2D eigenvalue weighted by atomic mass is 14.9. The van der Waals surface area contributed by atoms with Gasteiger partial charge in [-0.1, -0.05) is 113 Å². The lowest BCUT2D eigenvalue weighted by Gasteiger charge is -2.23. The topological polar surface area (TPSA) is 12.0 Å². The summed E-state index contributed by atoms with van der Waals surface area (Å²) in [6.07, 6.45) is 0. The van der Waals surface area contributed by atoms with Gasteiger partial charge in [-0.05, 0) is 58.4 Å². The molecule has 0 fully saturated rings. The second kappa shape index (κ2) is 10.5. The minimum atomic E-state index is 0.408. The molecule has 4 aromatic rings. The Labute approximate surface area is 199 Å². The zero-order valence-corrected chi connectivity index (χ0v) is 20.2. The van der Waals surface area contributed by atoms with Crippen LogP contribution in [0.25, 0.3) is 0 Å². The minimum Gasteiger partial charge on any atom is -0.356 e. The number of hydrogen-bond acceptors (Lipinski definition) is 1. The van der Waals surface area contributed by atoms with Crippen LogP contribution in [0.5, 0.6) is 0 Å². The first kappa shape index (κ1) is 22.9. The van der Waals surface area contributed by atoms with E-state index in [1.807, 2.05) is 0 Å². The Balaban J connectivity index is 1.49. The van der Waals surface area contributed by atoms with Crippen molar-refractivity contribution in [3.05, 3.63) is 131 Å². The maximum atomic E-state index is 3.57. The molecule has 2 atom stereocenters. The van der Waals surface area contributed by atoms with E-state index < -0.39 is 0 Å². The molecule has 0 heterocycles. The average Bonchev–Trinajstić information content (AvgIpc) is 2.83. The van der Waals surface area contributed by atoms with Gasteiger partial charge in [0.1, 0.15) is 0 Å². The Hall–Kier alpha value is -3.32. The fourth-order valence-electron chi connectivity index (χ4n) is 4.96. The van der Waals surface area contributed by atoms with Crippen molar-refractivity contribution in [2.75, 3.05) is 5.32 Å². The van der Waals surface area contributed by atoms with Crippen LogP contribution < -0.4 is 5.32 Å². The monoisotopic (exact) mass is 433 g/mol. The fraction of sp³-hybridized carbons (Fsp3) is 0.250. The lowest BCUT2D eigenvalue weighted by Crippen LogP contribution is -2.09. The van der Waals surface area contributed by atoms with E-state index in [4.69, 9.17) is 0 Å². The van der Waals surface area contributed by atoms with Crippen LogP contribution in [0.15, 0.2) is 109 Å². The lowest BCUT2D eigenvalue weighted by molar-refractivity contribution is 0.564. The predicted molar refractivity (Wildman–Crippen MR) is 142 cm³/mol. The van der Waals surface area contributed by atoms with Crippen LogP contribution >= 0.6 is 0 Å². The van der Waals surface area contributed by atoms with E-state index in [2.05, 4.69) is 142 Å². The van der Waals surface area contributed by atoms with Crippen molar-refractivity contribution >= 4 is 11.4 Å². The Morgan fingerprint density at radius 3 is 1.00 bits per heavy atom. The number of nitrogens with one attached hydrogen (secondary N) is 1. The molecule has 1 N–H and O–H groups in total. The van der Waals surface area contributed by atoms with Gasteiger partial charge in [-0.3, -0.25) is 0 Å². The van der Waals surface area contributed by atoms with Gasteiger partial charge >= 0.3 is 0 Å². The molecule has 0 saturated carbocycles. The van der Waals surface area contributed by atoms with Crippen molar-refractivity contribution in [2.24, 2.45) is 11.8 Å². The van der Waals surface area contributed by atoms with Crippen LogP contribution in [-0.4, -0.2) is 0 Å². The summed E-state index contributed by atoms with van der Waals surface area (Å²) >= 11 is 0. The molecule has 0 bridgehead atoms. The van der Waals surface area contributed by atoms with Gasteiger partial charge in [0.15, 0.2) is 0 Å². The van der Waals surface area contributed by atoms with E-state index in [0.717, 1.165) is 11.4 Å². The van der Waals surface area contributed by atoms with Crippen molar-refractivity contribution in [1.29, 1.82) is 0 Å². The molecule has 33 heavy (non-hydrogen) atoms. The largest absolute Gasteiger partial charge is 0.356 e. The number of hydrogen-bond donors (Lipinski definition) is 1. The molecule has 0 radical (unpaired) electrons. The zero-order chi connectivity index (χ0) is 23.2. The van der Waals surface area contributed by atoms with Gasteiger partial charge in [-0.2, -0.15) is 0 Å². The quantitative estimate of drug-likeness (QED) is 0.292.